The van der Waals surface area contributed by atoms with Crippen LogP contribution in [0.25, 0.3) is 11.3 Å². The van der Waals surface area contributed by atoms with Gasteiger partial charge in [-0.25, -0.2) is 4.68 Å². The van der Waals surface area contributed by atoms with Gasteiger partial charge in [-0.15, -0.1) is 0 Å². The van der Waals surface area contributed by atoms with E-state index in [2.05, 4.69) is 17.3 Å². The molecule has 2 aromatic rings. The zero-order chi connectivity index (χ0) is 17.8. The molecule has 0 aliphatic carbocycles. The Hall–Kier alpha value is -2.83. The fourth-order valence-electron chi connectivity index (χ4n) is 2.56. The number of aromatic nitrogens is 2. The molecule has 0 bridgehead atoms. The van der Waals surface area contributed by atoms with E-state index < -0.39 is 6.04 Å². The van der Waals surface area contributed by atoms with E-state index in [1.165, 1.54) is 10.7 Å². The van der Waals surface area contributed by atoms with Crippen molar-refractivity contribution in [3.8, 4) is 22.8 Å². The molecule has 1 atom stereocenters. The van der Waals surface area contributed by atoms with Crippen molar-refractivity contribution < 1.29 is 14.3 Å². The Morgan fingerprint density at radius 3 is 2.88 bits per heavy atom. The van der Waals surface area contributed by atoms with Crippen LogP contribution in [0, 0.1) is 0 Å². The van der Waals surface area contributed by atoms with Gasteiger partial charge >= 0.3 is 0 Å². The molecule has 0 saturated carbocycles. The fraction of sp³-hybridized carbons (Fsp3) is 0.389. The monoisotopic (exact) mass is 343 g/mol. The smallest absolute Gasteiger partial charge is 0.267 e. The quantitative estimate of drug-likeness (QED) is 0.813. The van der Waals surface area contributed by atoms with E-state index in [9.17, 15) is 9.59 Å². The van der Waals surface area contributed by atoms with Crippen molar-refractivity contribution in [1.82, 2.24) is 15.1 Å². The standard InChI is InChI=1S/C18H21N3O4/c1-3-4-9-19-18(23)12(2)21-17(22)8-6-14(20-21)13-5-7-15-16(10-13)25-11-24-15/h5-8,10,12H,3-4,9,11H2,1-2H3,(H,19,23)/t12-/m1/s1. The molecule has 7 nitrogen and oxygen atoms in total. The van der Waals surface area contributed by atoms with E-state index in [1.54, 1.807) is 19.1 Å². The topological polar surface area (TPSA) is 82.5 Å². The lowest BCUT2D eigenvalue weighted by molar-refractivity contribution is -0.124. The molecule has 0 saturated heterocycles. The molecule has 0 fully saturated rings. The van der Waals surface area contributed by atoms with E-state index >= 15 is 0 Å². The van der Waals surface area contributed by atoms with Crippen LogP contribution in [0.1, 0.15) is 32.7 Å². The van der Waals surface area contributed by atoms with Crippen LogP contribution in [-0.2, 0) is 4.79 Å². The van der Waals surface area contributed by atoms with Crippen molar-refractivity contribution in [1.29, 1.82) is 0 Å². The molecular formula is C18H21N3O4. The third-order valence-electron chi connectivity index (χ3n) is 4.07. The normalized spacial score (nSPS) is 13.5. The molecule has 0 unspecified atom stereocenters. The zero-order valence-electron chi connectivity index (χ0n) is 14.3. The van der Waals surface area contributed by atoms with Gasteiger partial charge in [0.15, 0.2) is 11.5 Å². The largest absolute Gasteiger partial charge is 0.454 e. The second-order valence-corrected chi connectivity index (χ2v) is 5.89. The average Bonchev–Trinajstić information content (AvgIpc) is 3.09. The number of fused-ring (bicyclic) bond motifs is 1. The van der Waals surface area contributed by atoms with Crippen LogP contribution < -0.4 is 20.3 Å². The molecule has 7 heteroatoms. The number of carbonyl (C=O) groups is 1. The zero-order valence-corrected chi connectivity index (χ0v) is 14.3. The van der Waals surface area contributed by atoms with Crippen LogP contribution in [0.2, 0.25) is 0 Å². The van der Waals surface area contributed by atoms with Crippen LogP contribution >= 0.6 is 0 Å². The lowest BCUT2D eigenvalue weighted by Crippen LogP contribution is -2.37. The second-order valence-electron chi connectivity index (χ2n) is 5.89. The number of nitrogens with zero attached hydrogens (tertiary/aromatic N) is 2. The van der Waals surface area contributed by atoms with Gasteiger partial charge in [-0.3, -0.25) is 9.59 Å². The molecule has 2 heterocycles. The maximum absolute atomic E-state index is 12.2. The second kappa shape index (κ2) is 7.38. The Morgan fingerprint density at radius 2 is 2.08 bits per heavy atom. The summed E-state index contributed by atoms with van der Waals surface area (Å²) in [5.74, 6) is 1.11. The number of rotatable bonds is 6. The van der Waals surface area contributed by atoms with Gasteiger partial charge < -0.3 is 14.8 Å². The van der Waals surface area contributed by atoms with Gasteiger partial charge in [0.2, 0.25) is 12.7 Å². The molecule has 1 N–H and O–H groups in total. The highest BCUT2D eigenvalue weighted by atomic mass is 16.7. The highest BCUT2D eigenvalue weighted by Crippen LogP contribution is 2.35. The maximum atomic E-state index is 12.2. The fourth-order valence-corrected chi connectivity index (χ4v) is 2.56. The highest BCUT2D eigenvalue weighted by Gasteiger charge is 2.19. The van der Waals surface area contributed by atoms with E-state index in [0.29, 0.717) is 23.7 Å². The summed E-state index contributed by atoms with van der Waals surface area (Å²) in [7, 11) is 0. The Bertz CT molecular complexity index is 831. The molecule has 1 amide bonds. The molecular weight excluding hydrogens is 322 g/mol. The summed E-state index contributed by atoms with van der Waals surface area (Å²) in [6, 6.07) is 7.83. The number of benzene rings is 1. The number of unbranched alkanes of at least 4 members (excludes halogenated alkanes) is 1. The summed E-state index contributed by atoms with van der Waals surface area (Å²) in [5.41, 5.74) is 1.06. The maximum Gasteiger partial charge on any atom is 0.267 e. The van der Waals surface area contributed by atoms with Gasteiger partial charge in [-0.05, 0) is 37.6 Å². The van der Waals surface area contributed by atoms with E-state index in [4.69, 9.17) is 9.47 Å². The average molecular weight is 343 g/mol. The first-order chi connectivity index (χ1) is 12.1. The number of carbonyl (C=O) groups excluding carboxylic acids is 1. The third-order valence-corrected chi connectivity index (χ3v) is 4.07. The molecule has 1 aromatic carbocycles. The van der Waals surface area contributed by atoms with Crippen LogP contribution in [0.3, 0.4) is 0 Å². The minimum atomic E-state index is -0.682. The number of ether oxygens (including phenoxy) is 2. The molecule has 1 aliphatic heterocycles. The predicted molar refractivity (Wildman–Crippen MR) is 92.7 cm³/mol. The summed E-state index contributed by atoms with van der Waals surface area (Å²) in [4.78, 5) is 24.4. The summed E-state index contributed by atoms with van der Waals surface area (Å²) < 4.78 is 11.9. The van der Waals surface area contributed by atoms with Crippen molar-refractivity contribution in [3.63, 3.8) is 0 Å². The van der Waals surface area contributed by atoms with Crippen LogP contribution in [-0.4, -0.2) is 29.0 Å². The van der Waals surface area contributed by atoms with E-state index in [0.717, 1.165) is 18.4 Å². The Labute approximate surface area is 145 Å². The minimum absolute atomic E-state index is 0.195. The van der Waals surface area contributed by atoms with Crippen molar-refractivity contribution in [2.75, 3.05) is 13.3 Å². The number of hydrogen-bond acceptors (Lipinski definition) is 5. The highest BCUT2D eigenvalue weighted by molar-refractivity contribution is 5.79. The van der Waals surface area contributed by atoms with Gasteiger partial charge in [0.25, 0.3) is 5.56 Å². The Morgan fingerprint density at radius 1 is 1.28 bits per heavy atom. The number of amides is 1. The van der Waals surface area contributed by atoms with E-state index in [1.807, 2.05) is 12.1 Å². The third kappa shape index (κ3) is 3.65. The van der Waals surface area contributed by atoms with Crippen LogP contribution in [0.15, 0.2) is 35.1 Å². The summed E-state index contributed by atoms with van der Waals surface area (Å²) in [6.45, 7) is 4.51. The molecule has 25 heavy (non-hydrogen) atoms. The van der Waals surface area contributed by atoms with Crippen molar-refractivity contribution in [3.05, 3.63) is 40.7 Å². The van der Waals surface area contributed by atoms with Crippen LogP contribution in [0.5, 0.6) is 11.5 Å². The number of hydrogen-bond donors (Lipinski definition) is 1. The number of nitrogens with one attached hydrogen (secondary N) is 1. The lowest BCUT2D eigenvalue weighted by Gasteiger charge is -2.15. The van der Waals surface area contributed by atoms with Gasteiger partial charge in [-0.1, -0.05) is 13.3 Å². The van der Waals surface area contributed by atoms with Crippen molar-refractivity contribution in [2.24, 2.45) is 0 Å². The summed E-state index contributed by atoms with van der Waals surface area (Å²) in [6.07, 6.45) is 1.89. The Balaban J connectivity index is 1.85. The van der Waals surface area contributed by atoms with Gasteiger partial charge in [0.1, 0.15) is 6.04 Å². The first-order valence-electron chi connectivity index (χ1n) is 8.37. The molecule has 0 spiro atoms. The summed E-state index contributed by atoms with van der Waals surface area (Å²) >= 11 is 0. The molecule has 132 valence electrons. The summed E-state index contributed by atoms with van der Waals surface area (Å²) in [5, 5.41) is 7.19. The van der Waals surface area contributed by atoms with Gasteiger partial charge in [0.05, 0.1) is 5.69 Å². The molecule has 1 aromatic heterocycles. The SMILES string of the molecule is CCCCNC(=O)[C@@H](C)n1nc(-c2ccc3c(c2)OCO3)ccc1=O. The molecule has 3 rings (SSSR count). The lowest BCUT2D eigenvalue weighted by atomic mass is 10.1. The van der Waals surface area contributed by atoms with Crippen LogP contribution in [0.4, 0.5) is 0 Å². The first-order valence-corrected chi connectivity index (χ1v) is 8.37. The van der Waals surface area contributed by atoms with Crippen molar-refractivity contribution in [2.45, 2.75) is 32.7 Å². The minimum Gasteiger partial charge on any atom is -0.454 e. The first kappa shape index (κ1) is 17.0. The Kier molecular flexibility index (Phi) is 5.02. The van der Waals surface area contributed by atoms with Gasteiger partial charge in [-0.2, -0.15) is 5.10 Å². The van der Waals surface area contributed by atoms with E-state index in [-0.39, 0.29) is 18.3 Å². The van der Waals surface area contributed by atoms with Gasteiger partial charge in [0, 0.05) is 18.2 Å². The molecule has 1 aliphatic rings. The molecule has 0 radical (unpaired) electrons. The predicted octanol–water partition coefficient (Wildman–Crippen LogP) is 2.12. The van der Waals surface area contributed by atoms with Crippen molar-refractivity contribution >= 4 is 5.91 Å².